The third kappa shape index (κ3) is 2.43. The fourth-order valence-corrected chi connectivity index (χ4v) is 2.86. The fraction of sp³-hybridized carbons (Fsp3) is 0.176. The summed E-state index contributed by atoms with van der Waals surface area (Å²) in [6.07, 6.45) is 3.03. The number of ether oxygens (including phenoxy) is 1. The summed E-state index contributed by atoms with van der Waals surface area (Å²) in [5, 5.41) is 13.8. The first-order valence-electron chi connectivity index (χ1n) is 7.71. The molecule has 0 unspecified atom stereocenters. The second-order valence-corrected chi connectivity index (χ2v) is 5.46. The molecule has 0 fully saturated rings. The molecule has 0 amide bonds. The summed E-state index contributed by atoms with van der Waals surface area (Å²) in [7, 11) is 1.60. The van der Waals surface area contributed by atoms with E-state index < -0.39 is 0 Å². The maximum absolute atomic E-state index is 12.9. The third-order valence-electron chi connectivity index (χ3n) is 4.05. The van der Waals surface area contributed by atoms with E-state index in [9.17, 15) is 9.90 Å². The lowest BCUT2D eigenvalue weighted by Gasteiger charge is -2.11. The van der Waals surface area contributed by atoms with E-state index in [1.54, 1.807) is 23.9 Å². The molecule has 4 aromatic rings. The van der Waals surface area contributed by atoms with Gasteiger partial charge in [-0.2, -0.15) is 14.6 Å². The molecule has 0 atom stereocenters. The Morgan fingerprint density at radius 1 is 1.20 bits per heavy atom. The maximum atomic E-state index is 12.9. The fourth-order valence-electron chi connectivity index (χ4n) is 2.86. The van der Waals surface area contributed by atoms with Crippen molar-refractivity contribution in [3.8, 4) is 17.0 Å². The summed E-state index contributed by atoms with van der Waals surface area (Å²) >= 11 is 0. The molecule has 0 bridgehead atoms. The number of aliphatic hydroxyl groups is 1. The van der Waals surface area contributed by atoms with Crippen LogP contribution in [0.25, 0.3) is 27.9 Å². The van der Waals surface area contributed by atoms with Crippen molar-refractivity contribution in [2.75, 3.05) is 13.7 Å². The van der Waals surface area contributed by atoms with Gasteiger partial charge in [0.15, 0.2) is 0 Å². The van der Waals surface area contributed by atoms with Crippen molar-refractivity contribution in [2.24, 2.45) is 0 Å². The topological polar surface area (TPSA) is 94.5 Å². The van der Waals surface area contributed by atoms with E-state index in [1.165, 1.54) is 10.9 Å². The average Bonchev–Trinajstić information content (AvgIpc) is 3.11. The molecule has 1 N–H and O–H groups in total. The number of rotatable bonds is 4. The zero-order chi connectivity index (χ0) is 17.4. The summed E-state index contributed by atoms with van der Waals surface area (Å²) in [6, 6.07) is 9.10. The van der Waals surface area contributed by atoms with Crippen molar-refractivity contribution in [2.45, 2.75) is 6.54 Å². The van der Waals surface area contributed by atoms with Gasteiger partial charge in [-0.15, -0.1) is 0 Å². The van der Waals surface area contributed by atoms with Gasteiger partial charge in [0.25, 0.3) is 11.3 Å². The molecule has 0 aliphatic rings. The number of pyridine rings is 1. The molecule has 3 aromatic heterocycles. The highest BCUT2D eigenvalue weighted by Gasteiger charge is 2.17. The Morgan fingerprint density at radius 2 is 2.00 bits per heavy atom. The molecule has 126 valence electrons. The van der Waals surface area contributed by atoms with Gasteiger partial charge < -0.3 is 14.4 Å². The monoisotopic (exact) mass is 337 g/mol. The summed E-state index contributed by atoms with van der Waals surface area (Å²) in [4.78, 5) is 21.5. The number of hydrogen-bond acceptors (Lipinski definition) is 6. The molecule has 0 saturated heterocycles. The Hall–Kier alpha value is -3.26. The van der Waals surface area contributed by atoms with Crippen molar-refractivity contribution in [3.63, 3.8) is 0 Å². The number of hydrogen-bond donors (Lipinski definition) is 1. The van der Waals surface area contributed by atoms with Gasteiger partial charge >= 0.3 is 0 Å². The normalized spacial score (nSPS) is 11.3. The van der Waals surface area contributed by atoms with E-state index >= 15 is 0 Å². The summed E-state index contributed by atoms with van der Waals surface area (Å²) in [5.74, 6) is 1.13. The molecule has 0 aliphatic heterocycles. The van der Waals surface area contributed by atoms with Crippen LogP contribution < -0.4 is 10.3 Å². The lowest BCUT2D eigenvalue weighted by molar-refractivity contribution is 0.274. The molecule has 0 saturated carbocycles. The van der Waals surface area contributed by atoms with E-state index in [1.807, 2.05) is 24.3 Å². The number of nitrogens with zero attached hydrogens (tertiary/aromatic N) is 5. The zero-order valence-electron chi connectivity index (χ0n) is 13.5. The number of fused-ring (bicyclic) bond motifs is 2. The summed E-state index contributed by atoms with van der Waals surface area (Å²) in [5.41, 5.74) is 1.70. The minimum atomic E-state index is -0.234. The van der Waals surface area contributed by atoms with Crippen molar-refractivity contribution in [1.29, 1.82) is 0 Å². The second-order valence-electron chi connectivity index (χ2n) is 5.46. The van der Waals surface area contributed by atoms with Crippen LogP contribution in [0.3, 0.4) is 0 Å². The Balaban J connectivity index is 2.11. The van der Waals surface area contributed by atoms with Gasteiger partial charge in [-0.05, 0) is 30.3 Å². The van der Waals surface area contributed by atoms with Gasteiger partial charge in [0.05, 0.1) is 30.3 Å². The molecule has 0 aliphatic carbocycles. The number of aromatic nitrogens is 5. The first kappa shape index (κ1) is 15.3. The van der Waals surface area contributed by atoms with Crippen molar-refractivity contribution in [1.82, 2.24) is 24.1 Å². The highest BCUT2D eigenvalue weighted by atomic mass is 16.5. The standard InChI is InChI=1S/C17H15N5O3/c1-25-12-4-2-11(3-5-12)15-14-13(20-17-18-10-19-22(15)17)6-7-21(8-9-23)16(14)24/h2-7,10,23H,8-9H2,1H3. The molecular weight excluding hydrogens is 322 g/mol. The van der Waals surface area contributed by atoms with E-state index in [0.717, 1.165) is 11.3 Å². The Morgan fingerprint density at radius 3 is 2.72 bits per heavy atom. The first-order valence-corrected chi connectivity index (χ1v) is 7.71. The van der Waals surface area contributed by atoms with Crippen molar-refractivity contribution >= 4 is 16.7 Å². The van der Waals surface area contributed by atoms with Crippen LogP contribution in [0.4, 0.5) is 0 Å². The predicted molar refractivity (Wildman–Crippen MR) is 91.6 cm³/mol. The maximum Gasteiger partial charge on any atom is 0.262 e. The Labute approximate surface area is 142 Å². The molecule has 1 aromatic carbocycles. The van der Waals surface area contributed by atoms with E-state index in [2.05, 4.69) is 15.1 Å². The molecule has 3 heterocycles. The third-order valence-corrected chi connectivity index (χ3v) is 4.05. The van der Waals surface area contributed by atoms with Crippen LogP contribution in [0.2, 0.25) is 0 Å². The number of benzene rings is 1. The predicted octanol–water partition coefficient (Wildman–Crippen LogP) is 1.11. The van der Waals surface area contributed by atoms with Crippen LogP contribution in [0.5, 0.6) is 5.75 Å². The molecule has 8 nitrogen and oxygen atoms in total. The van der Waals surface area contributed by atoms with Gasteiger partial charge in [-0.25, -0.2) is 4.98 Å². The summed E-state index contributed by atoms with van der Waals surface area (Å²) in [6.45, 7) is 0.0918. The van der Waals surface area contributed by atoms with Gasteiger partial charge in [-0.3, -0.25) is 4.79 Å². The second kappa shape index (κ2) is 5.99. The Bertz CT molecular complexity index is 1110. The van der Waals surface area contributed by atoms with Crippen LogP contribution in [0.15, 0.2) is 47.7 Å². The van der Waals surface area contributed by atoms with Gasteiger partial charge in [0.2, 0.25) is 0 Å². The lowest BCUT2D eigenvalue weighted by Crippen LogP contribution is -2.22. The first-order chi connectivity index (χ1) is 12.2. The number of methoxy groups -OCH3 is 1. The lowest BCUT2D eigenvalue weighted by atomic mass is 10.1. The van der Waals surface area contributed by atoms with E-state index in [-0.39, 0.29) is 18.7 Å². The molecule has 0 spiro atoms. The SMILES string of the molecule is COc1ccc(-c2c3c(=O)n(CCO)ccc3nc3ncnn23)cc1. The highest BCUT2D eigenvalue weighted by molar-refractivity contribution is 5.93. The minimum Gasteiger partial charge on any atom is -0.497 e. The molecule has 4 rings (SSSR count). The largest absolute Gasteiger partial charge is 0.497 e. The quantitative estimate of drug-likeness (QED) is 0.599. The average molecular weight is 337 g/mol. The van der Waals surface area contributed by atoms with Gasteiger partial charge in [0.1, 0.15) is 12.1 Å². The van der Waals surface area contributed by atoms with Crippen molar-refractivity contribution in [3.05, 3.63) is 53.2 Å². The summed E-state index contributed by atoms with van der Waals surface area (Å²) < 4.78 is 8.21. The van der Waals surface area contributed by atoms with Crippen LogP contribution >= 0.6 is 0 Å². The van der Waals surface area contributed by atoms with Crippen LogP contribution in [0.1, 0.15) is 0 Å². The zero-order valence-corrected chi connectivity index (χ0v) is 13.5. The van der Waals surface area contributed by atoms with Gasteiger partial charge in [-0.1, -0.05) is 0 Å². The molecule has 8 heteroatoms. The minimum absolute atomic E-state index is 0.123. The highest BCUT2D eigenvalue weighted by Crippen LogP contribution is 2.27. The molecule has 25 heavy (non-hydrogen) atoms. The van der Waals surface area contributed by atoms with Crippen LogP contribution in [0, 0.1) is 0 Å². The van der Waals surface area contributed by atoms with Crippen LogP contribution in [-0.2, 0) is 6.54 Å². The molecular formula is C17H15N5O3. The van der Waals surface area contributed by atoms with Crippen molar-refractivity contribution < 1.29 is 9.84 Å². The van der Waals surface area contributed by atoms with Crippen LogP contribution in [-0.4, -0.2) is 43.0 Å². The number of aliphatic hydroxyl groups excluding tert-OH is 1. The Kier molecular flexibility index (Phi) is 3.66. The van der Waals surface area contributed by atoms with Gasteiger partial charge in [0, 0.05) is 18.3 Å². The molecule has 0 radical (unpaired) electrons. The van der Waals surface area contributed by atoms with E-state index in [4.69, 9.17) is 4.74 Å². The smallest absolute Gasteiger partial charge is 0.262 e. The van der Waals surface area contributed by atoms with E-state index in [0.29, 0.717) is 22.4 Å².